The molecule has 0 saturated carbocycles. The van der Waals surface area contributed by atoms with E-state index in [1.165, 1.54) is 0 Å². The van der Waals surface area contributed by atoms with Crippen LogP contribution in [0.4, 0.5) is 16.2 Å². The number of ether oxygens (including phenoxy) is 1. The lowest BCUT2D eigenvalue weighted by Gasteiger charge is -2.16. The summed E-state index contributed by atoms with van der Waals surface area (Å²) in [5.41, 5.74) is 7.56. The summed E-state index contributed by atoms with van der Waals surface area (Å²) in [5.74, 6) is 7.77. The summed E-state index contributed by atoms with van der Waals surface area (Å²) >= 11 is 0. The van der Waals surface area contributed by atoms with E-state index in [0.29, 0.717) is 47.9 Å². The SMILES string of the molecule is COc1cc2c(N)nc(N3CCC(F)C3)nc2cc1C#CCCN(C)C. The second-order valence-corrected chi connectivity index (χ2v) is 6.67. The maximum atomic E-state index is 13.5. The van der Waals surface area contributed by atoms with Crippen LogP contribution in [0.2, 0.25) is 0 Å². The van der Waals surface area contributed by atoms with Crippen molar-refractivity contribution in [3.8, 4) is 17.6 Å². The topological polar surface area (TPSA) is 67.5 Å². The van der Waals surface area contributed by atoms with E-state index in [1.807, 2.05) is 31.1 Å². The summed E-state index contributed by atoms with van der Waals surface area (Å²) < 4.78 is 18.9. The molecule has 2 N–H and O–H groups in total. The van der Waals surface area contributed by atoms with Crippen molar-refractivity contribution >= 4 is 22.7 Å². The number of rotatable bonds is 4. The summed E-state index contributed by atoms with van der Waals surface area (Å²) in [6, 6.07) is 3.67. The number of benzene rings is 1. The van der Waals surface area contributed by atoms with Gasteiger partial charge in [-0.3, -0.25) is 0 Å². The highest BCUT2D eigenvalue weighted by Gasteiger charge is 2.24. The van der Waals surface area contributed by atoms with Crippen molar-refractivity contribution in [3.05, 3.63) is 17.7 Å². The molecule has 1 unspecified atom stereocenters. The summed E-state index contributed by atoms with van der Waals surface area (Å²) in [4.78, 5) is 12.8. The quantitative estimate of drug-likeness (QED) is 0.845. The third kappa shape index (κ3) is 3.97. The molecule has 0 aliphatic carbocycles. The number of alkyl halides is 1. The maximum absolute atomic E-state index is 13.5. The molecule has 0 spiro atoms. The van der Waals surface area contributed by atoms with Crippen LogP contribution in [0.5, 0.6) is 5.75 Å². The average molecular weight is 357 g/mol. The van der Waals surface area contributed by atoms with Crippen LogP contribution in [-0.2, 0) is 0 Å². The Balaban J connectivity index is 1.97. The number of hydrogen-bond donors (Lipinski definition) is 1. The summed E-state index contributed by atoms with van der Waals surface area (Å²) in [6.07, 6.45) is 0.410. The minimum atomic E-state index is -0.843. The molecule has 1 aliphatic heterocycles. The molecule has 6 nitrogen and oxygen atoms in total. The highest BCUT2D eigenvalue weighted by molar-refractivity contribution is 5.91. The molecule has 0 bridgehead atoms. The molecule has 2 heterocycles. The van der Waals surface area contributed by atoms with E-state index in [1.54, 1.807) is 7.11 Å². The van der Waals surface area contributed by atoms with Gasteiger partial charge < -0.3 is 20.3 Å². The summed E-state index contributed by atoms with van der Waals surface area (Å²) in [7, 11) is 5.63. The molecule has 26 heavy (non-hydrogen) atoms. The van der Waals surface area contributed by atoms with E-state index in [4.69, 9.17) is 10.5 Å². The third-order valence-corrected chi connectivity index (χ3v) is 4.36. The monoisotopic (exact) mass is 357 g/mol. The van der Waals surface area contributed by atoms with Crippen LogP contribution in [0.15, 0.2) is 12.1 Å². The molecule has 1 aromatic carbocycles. The Kier molecular flexibility index (Phi) is 5.43. The van der Waals surface area contributed by atoms with Gasteiger partial charge in [-0.15, -0.1) is 0 Å². The van der Waals surface area contributed by atoms with Gasteiger partial charge >= 0.3 is 0 Å². The molecule has 138 valence electrons. The number of nitrogens with two attached hydrogens (primary N) is 1. The molecular formula is C19H24FN5O. The average Bonchev–Trinajstić information content (AvgIpc) is 3.04. The molecule has 1 aromatic heterocycles. The fourth-order valence-electron chi connectivity index (χ4n) is 2.91. The summed E-state index contributed by atoms with van der Waals surface area (Å²) in [6.45, 7) is 1.79. The van der Waals surface area contributed by atoms with Gasteiger partial charge in [-0.25, -0.2) is 9.37 Å². The smallest absolute Gasteiger partial charge is 0.227 e. The number of anilines is 2. The van der Waals surface area contributed by atoms with Crippen molar-refractivity contribution < 1.29 is 9.13 Å². The van der Waals surface area contributed by atoms with Crippen LogP contribution in [0.1, 0.15) is 18.4 Å². The van der Waals surface area contributed by atoms with Crippen molar-refractivity contribution in [3.63, 3.8) is 0 Å². The molecule has 3 rings (SSSR count). The van der Waals surface area contributed by atoms with Gasteiger partial charge in [0, 0.05) is 24.9 Å². The van der Waals surface area contributed by atoms with Gasteiger partial charge in [0.05, 0.1) is 24.7 Å². The van der Waals surface area contributed by atoms with Gasteiger partial charge in [0.1, 0.15) is 17.7 Å². The van der Waals surface area contributed by atoms with Crippen molar-refractivity contribution in [1.29, 1.82) is 0 Å². The van der Waals surface area contributed by atoms with Crippen LogP contribution < -0.4 is 15.4 Å². The zero-order chi connectivity index (χ0) is 18.7. The number of nitrogen functional groups attached to an aromatic ring is 1. The molecule has 0 radical (unpaired) electrons. The molecule has 0 amide bonds. The largest absolute Gasteiger partial charge is 0.495 e. The van der Waals surface area contributed by atoms with Crippen LogP contribution in [0.25, 0.3) is 10.9 Å². The molecule has 7 heteroatoms. The lowest BCUT2D eigenvalue weighted by molar-refractivity contribution is 0.364. The normalized spacial score (nSPS) is 16.8. The van der Waals surface area contributed by atoms with E-state index in [2.05, 4.69) is 26.7 Å². The van der Waals surface area contributed by atoms with Crippen LogP contribution in [-0.4, -0.2) is 61.9 Å². The van der Waals surface area contributed by atoms with E-state index in [0.717, 1.165) is 18.5 Å². The Hall–Kier alpha value is -2.59. The highest BCUT2D eigenvalue weighted by Crippen LogP contribution is 2.30. The Morgan fingerprint density at radius 1 is 1.38 bits per heavy atom. The van der Waals surface area contributed by atoms with E-state index in [-0.39, 0.29) is 0 Å². The van der Waals surface area contributed by atoms with Gasteiger partial charge in [0.15, 0.2) is 0 Å². The first-order chi connectivity index (χ1) is 12.5. The van der Waals surface area contributed by atoms with Crippen molar-refractivity contribution in [2.24, 2.45) is 0 Å². The first-order valence-corrected chi connectivity index (χ1v) is 8.66. The predicted octanol–water partition coefficient (Wildman–Crippen LogP) is 2.07. The number of fused-ring (bicyclic) bond motifs is 1. The lowest BCUT2D eigenvalue weighted by atomic mass is 10.1. The van der Waals surface area contributed by atoms with E-state index < -0.39 is 6.17 Å². The minimum absolute atomic E-state index is 0.304. The Morgan fingerprint density at radius 3 is 2.85 bits per heavy atom. The fraction of sp³-hybridized carbons (Fsp3) is 0.474. The molecular weight excluding hydrogens is 333 g/mol. The van der Waals surface area contributed by atoms with Gasteiger partial charge in [-0.1, -0.05) is 11.8 Å². The predicted molar refractivity (Wildman–Crippen MR) is 102 cm³/mol. The standard InChI is InChI=1S/C19H24FN5O/c1-24(2)8-5-4-6-13-10-16-15(11-17(13)26-3)18(21)23-19(22-16)25-9-7-14(20)12-25/h10-11,14H,5,7-9,12H2,1-3H3,(H2,21,22,23). The van der Waals surface area contributed by atoms with Gasteiger partial charge in [0.2, 0.25) is 5.95 Å². The maximum Gasteiger partial charge on any atom is 0.227 e. The molecule has 1 atom stereocenters. The zero-order valence-corrected chi connectivity index (χ0v) is 15.4. The molecule has 2 aromatic rings. The lowest BCUT2D eigenvalue weighted by Crippen LogP contribution is -2.22. The number of nitrogens with zero attached hydrogens (tertiary/aromatic N) is 4. The van der Waals surface area contributed by atoms with Crippen LogP contribution in [0, 0.1) is 11.8 Å². The summed E-state index contributed by atoms with van der Waals surface area (Å²) in [5, 5.41) is 0.709. The van der Waals surface area contributed by atoms with Crippen molar-refractivity contribution in [1.82, 2.24) is 14.9 Å². The third-order valence-electron chi connectivity index (χ3n) is 4.36. The fourth-order valence-corrected chi connectivity index (χ4v) is 2.91. The number of methoxy groups -OCH3 is 1. The first kappa shape index (κ1) is 18.2. The number of aromatic nitrogens is 2. The van der Waals surface area contributed by atoms with Crippen molar-refractivity contribution in [2.75, 3.05) is 51.5 Å². The zero-order valence-electron chi connectivity index (χ0n) is 15.4. The Bertz CT molecular complexity index is 858. The first-order valence-electron chi connectivity index (χ1n) is 8.66. The Labute approximate surface area is 153 Å². The van der Waals surface area contributed by atoms with E-state index in [9.17, 15) is 4.39 Å². The Morgan fingerprint density at radius 2 is 2.19 bits per heavy atom. The van der Waals surface area contributed by atoms with Gasteiger partial charge in [-0.05, 0) is 32.6 Å². The molecule has 1 fully saturated rings. The van der Waals surface area contributed by atoms with Gasteiger partial charge in [-0.2, -0.15) is 4.98 Å². The van der Waals surface area contributed by atoms with Crippen LogP contribution >= 0.6 is 0 Å². The van der Waals surface area contributed by atoms with E-state index >= 15 is 0 Å². The minimum Gasteiger partial charge on any atom is -0.495 e. The number of hydrogen-bond acceptors (Lipinski definition) is 6. The van der Waals surface area contributed by atoms with Crippen LogP contribution in [0.3, 0.4) is 0 Å². The highest BCUT2D eigenvalue weighted by atomic mass is 19.1. The number of halogens is 1. The van der Waals surface area contributed by atoms with Gasteiger partial charge in [0.25, 0.3) is 0 Å². The van der Waals surface area contributed by atoms with Crippen molar-refractivity contribution in [2.45, 2.75) is 19.0 Å². The molecule has 1 saturated heterocycles. The second kappa shape index (κ2) is 7.75. The molecule has 1 aliphatic rings. The second-order valence-electron chi connectivity index (χ2n) is 6.67.